The molecule has 1 aliphatic heterocycles. The minimum Gasteiger partial charge on any atom is -0.366 e. The lowest BCUT2D eigenvalue weighted by atomic mass is 10.2. The van der Waals surface area contributed by atoms with Gasteiger partial charge in [0.15, 0.2) is 0 Å². The molecule has 1 aromatic heterocycles. The number of anilines is 1. The molecule has 8 heteroatoms. The third-order valence-electron chi connectivity index (χ3n) is 2.60. The van der Waals surface area contributed by atoms with E-state index in [-0.39, 0.29) is 11.3 Å². The van der Waals surface area contributed by atoms with Crippen molar-refractivity contribution in [2.75, 3.05) is 24.7 Å². The highest BCUT2D eigenvalue weighted by atomic mass is 35.5. The van der Waals surface area contributed by atoms with Crippen molar-refractivity contribution in [2.24, 2.45) is 0 Å². The fraction of sp³-hybridized carbons (Fsp3) is 0.556. The van der Waals surface area contributed by atoms with Crippen LogP contribution in [0.5, 0.6) is 0 Å². The Balaban J connectivity index is 1.99. The van der Waals surface area contributed by atoms with Gasteiger partial charge in [0.05, 0.1) is 6.26 Å². The van der Waals surface area contributed by atoms with Crippen LogP contribution in [-0.2, 0) is 10.0 Å². The van der Waals surface area contributed by atoms with Crippen molar-refractivity contribution >= 4 is 27.4 Å². The Bertz CT molecular complexity index is 507. The molecular formula is C9H13ClN4O2S. The molecule has 94 valence electrons. The van der Waals surface area contributed by atoms with Gasteiger partial charge in [0, 0.05) is 25.3 Å². The molecule has 0 unspecified atom stereocenters. The van der Waals surface area contributed by atoms with Crippen molar-refractivity contribution < 1.29 is 8.42 Å². The largest absolute Gasteiger partial charge is 0.366 e. The zero-order chi connectivity index (χ0) is 12.5. The molecule has 1 saturated heterocycles. The van der Waals surface area contributed by atoms with E-state index < -0.39 is 10.0 Å². The van der Waals surface area contributed by atoms with E-state index in [0.29, 0.717) is 18.9 Å². The van der Waals surface area contributed by atoms with Crippen molar-refractivity contribution in [3.05, 3.63) is 17.5 Å². The molecule has 0 bridgehead atoms. The molecule has 0 radical (unpaired) electrons. The summed E-state index contributed by atoms with van der Waals surface area (Å²) in [7, 11) is -3.10. The third kappa shape index (κ3) is 3.27. The summed E-state index contributed by atoms with van der Waals surface area (Å²) >= 11 is 5.66. The van der Waals surface area contributed by atoms with Gasteiger partial charge in [0.2, 0.25) is 15.3 Å². The van der Waals surface area contributed by atoms with Crippen LogP contribution in [0.4, 0.5) is 5.82 Å². The fourth-order valence-electron chi connectivity index (χ4n) is 1.77. The Morgan fingerprint density at radius 1 is 1.59 bits per heavy atom. The van der Waals surface area contributed by atoms with Crippen LogP contribution in [0.2, 0.25) is 5.28 Å². The van der Waals surface area contributed by atoms with Gasteiger partial charge in [0.25, 0.3) is 0 Å². The van der Waals surface area contributed by atoms with Crippen LogP contribution in [0.3, 0.4) is 0 Å². The molecule has 1 aromatic rings. The molecule has 0 amide bonds. The first kappa shape index (κ1) is 12.5. The molecule has 0 aliphatic carbocycles. The first-order valence-corrected chi connectivity index (χ1v) is 7.38. The monoisotopic (exact) mass is 276 g/mol. The topological polar surface area (TPSA) is 75.2 Å². The van der Waals surface area contributed by atoms with Gasteiger partial charge < -0.3 is 5.32 Å². The second-order valence-electron chi connectivity index (χ2n) is 3.96. The summed E-state index contributed by atoms with van der Waals surface area (Å²) in [5, 5.41) is 3.32. The van der Waals surface area contributed by atoms with E-state index in [1.807, 2.05) is 0 Å². The highest BCUT2D eigenvalue weighted by Gasteiger charge is 2.28. The molecule has 2 heterocycles. The Hall–Kier alpha value is -0.920. The molecule has 1 N–H and O–H groups in total. The van der Waals surface area contributed by atoms with Crippen LogP contribution >= 0.6 is 11.6 Å². The molecule has 1 fully saturated rings. The number of nitrogens with one attached hydrogen (secondary N) is 1. The van der Waals surface area contributed by atoms with Gasteiger partial charge in [-0.25, -0.2) is 22.7 Å². The Kier molecular flexibility index (Phi) is 3.50. The lowest BCUT2D eigenvalue weighted by molar-refractivity contribution is 0.480. The van der Waals surface area contributed by atoms with Gasteiger partial charge in [-0.1, -0.05) is 0 Å². The lowest BCUT2D eigenvalue weighted by Crippen LogP contribution is -2.30. The number of rotatable bonds is 3. The molecule has 0 spiro atoms. The Morgan fingerprint density at radius 2 is 2.35 bits per heavy atom. The fourth-order valence-corrected chi connectivity index (χ4v) is 2.81. The molecule has 17 heavy (non-hydrogen) atoms. The molecule has 1 atom stereocenters. The van der Waals surface area contributed by atoms with Crippen LogP contribution in [-0.4, -0.2) is 48.1 Å². The zero-order valence-electron chi connectivity index (χ0n) is 9.30. The summed E-state index contributed by atoms with van der Waals surface area (Å²) in [5.74, 6) is 0.616. The van der Waals surface area contributed by atoms with Gasteiger partial charge in [-0.15, -0.1) is 0 Å². The summed E-state index contributed by atoms with van der Waals surface area (Å²) in [6.45, 7) is 0.996. The summed E-state index contributed by atoms with van der Waals surface area (Å²) in [5.41, 5.74) is 0. The average Bonchev–Trinajstić information content (AvgIpc) is 2.65. The van der Waals surface area contributed by atoms with Crippen LogP contribution in [0.15, 0.2) is 12.3 Å². The maximum absolute atomic E-state index is 11.3. The van der Waals surface area contributed by atoms with Crippen LogP contribution < -0.4 is 5.32 Å². The number of halogens is 1. The predicted molar refractivity (Wildman–Crippen MR) is 65.5 cm³/mol. The molecular weight excluding hydrogens is 264 g/mol. The van der Waals surface area contributed by atoms with Crippen molar-refractivity contribution in [3.8, 4) is 0 Å². The Labute approximate surface area is 105 Å². The third-order valence-corrected chi connectivity index (χ3v) is 4.05. The molecule has 1 aliphatic rings. The smallest absolute Gasteiger partial charge is 0.224 e. The van der Waals surface area contributed by atoms with Crippen molar-refractivity contribution in [3.63, 3.8) is 0 Å². The van der Waals surface area contributed by atoms with E-state index in [1.54, 1.807) is 12.3 Å². The average molecular weight is 277 g/mol. The minimum atomic E-state index is -3.10. The normalized spacial score (nSPS) is 21.6. The SMILES string of the molecule is CS(=O)(=O)N1CC[C@@H](Nc2ccnc(Cl)n2)C1. The van der Waals surface area contributed by atoms with E-state index in [2.05, 4.69) is 15.3 Å². The first-order valence-electron chi connectivity index (χ1n) is 5.15. The highest BCUT2D eigenvalue weighted by molar-refractivity contribution is 7.88. The van der Waals surface area contributed by atoms with Crippen molar-refractivity contribution in [1.82, 2.24) is 14.3 Å². The van der Waals surface area contributed by atoms with Gasteiger partial charge in [0.1, 0.15) is 5.82 Å². The summed E-state index contributed by atoms with van der Waals surface area (Å²) in [4.78, 5) is 7.78. The van der Waals surface area contributed by atoms with E-state index >= 15 is 0 Å². The van der Waals surface area contributed by atoms with E-state index in [9.17, 15) is 8.42 Å². The molecule has 6 nitrogen and oxygen atoms in total. The summed E-state index contributed by atoms with van der Waals surface area (Å²) < 4.78 is 24.1. The summed E-state index contributed by atoms with van der Waals surface area (Å²) in [6, 6.07) is 1.77. The number of aromatic nitrogens is 2. The second kappa shape index (κ2) is 4.75. The second-order valence-corrected chi connectivity index (χ2v) is 6.28. The lowest BCUT2D eigenvalue weighted by Gasteiger charge is -2.14. The van der Waals surface area contributed by atoms with Crippen LogP contribution in [0, 0.1) is 0 Å². The predicted octanol–water partition coefficient (Wildman–Crippen LogP) is 0.576. The number of hydrogen-bond acceptors (Lipinski definition) is 5. The minimum absolute atomic E-state index is 0.0655. The molecule has 0 aromatic carbocycles. The maximum atomic E-state index is 11.3. The number of hydrogen-bond donors (Lipinski definition) is 1. The van der Waals surface area contributed by atoms with Gasteiger partial charge in [-0.3, -0.25) is 0 Å². The molecule has 0 saturated carbocycles. The van der Waals surface area contributed by atoms with Crippen LogP contribution in [0.1, 0.15) is 6.42 Å². The number of nitrogens with zero attached hydrogens (tertiary/aromatic N) is 3. The zero-order valence-corrected chi connectivity index (χ0v) is 10.9. The van der Waals surface area contributed by atoms with Crippen molar-refractivity contribution in [1.29, 1.82) is 0 Å². The standard InChI is InChI=1S/C9H13ClN4O2S/c1-17(15,16)14-5-3-7(6-14)12-8-2-4-11-9(10)13-8/h2,4,7H,3,5-6H2,1H3,(H,11,12,13)/t7-/m1/s1. The first-order chi connectivity index (χ1) is 7.95. The van der Waals surface area contributed by atoms with Gasteiger partial charge in [-0.2, -0.15) is 0 Å². The van der Waals surface area contributed by atoms with E-state index in [1.165, 1.54) is 10.6 Å². The Morgan fingerprint density at radius 3 is 2.94 bits per heavy atom. The van der Waals surface area contributed by atoms with Gasteiger partial charge >= 0.3 is 0 Å². The van der Waals surface area contributed by atoms with Crippen LogP contribution in [0.25, 0.3) is 0 Å². The quantitative estimate of drug-likeness (QED) is 0.817. The molecule has 2 rings (SSSR count). The summed E-state index contributed by atoms with van der Waals surface area (Å²) in [6.07, 6.45) is 3.53. The van der Waals surface area contributed by atoms with Gasteiger partial charge in [-0.05, 0) is 24.1 Å². The van der Waals surface area contributed by atoms with Crippen molar-refractivity contribution in [2.45, 2.75) is 12.5 Å². The highest BCUT2D eigenvalue weighted by Crippen LogP contribution is 2.17. The number of sulfonamides is 1. The van der Waals surface area contributed by atoms with E-state index in [4.69, 9.17) is 11.6 Å². The maximum Gasteiger partial charge on any atom is 0.224 e. The van der Waals surface area contributed by atoms with E-state index in [0.717, 1.165) is 6.42 Å².